The summed E-state index contributed by atoms with van der Waals surface area (Å²) in [6.07, 6.45) is 5.00. The second-order valence-corrected chi connectivity index (χ2v) is 4.91. The molecule has 0 radical (unpaired) electrons. The van der Waals surface area contributed by atoms with Gasteiger partial charge in [0, 0.05) is 18.8 Å². The molecule has 0 aliphatic rings. The molecule has 0 aliphatic carbocycles. The number of nitrogens with zero attached hydrogens (tertiary/aromatic N) is 1. The van der Waals surface area contributed by atoms with Gasteiger partial charge in [-0.25, -0.2) is 0 Å². The lowest BCUT2D eigenvalue weighted by atomic mass is 9.96. The summed E-state index contributed by atoms with van der Waals surface area (Å²) in [5.41, 5.74) is 6.98. The highest BCUT2D eigenvalue weighted by Crippen LogP contribution is 2.17. The van der Waals surface area contributed by atoms with E-state index in [0.717, 1.165) is 25.6 Å². The van der Waals surface area contributed by atoms with Gasteiger partial charge in [-0.1, -0.05) is 31.5 Å². The van der Waals surface area contributed by atoms with Gasteiger partial charge in [0.25, 0.3) is 0 Å². The standard InChI is InChI=1S/C16H28N2/c1-3-15(12-13-17)9-8-14-18(4-2)16-10-6-5-7-11-16/h5-7,10-11,15H,3-4,8-9,12-14,17H2,1-2H3. The topological polar surface area (TPSA) is 29.3 Å². The van der Waals surface area contributed by atoms with Gasteiger partial charge in [0.15, 0.2) is 0 Å². The summed E-state index contributed by atoms with van der Waals surface area (Å²) in [4.78, 5) is 2.45. The summed E-state index contributed by atoms with van der Waals surface area (Å²) in [7, 11) is 0. The molecule has 0 fully saturated rings. The Morgan fingerprint density at radius 2 is 1.83 bits per heavy atom. The Balaban J connectivity index is 2.36. The fourth-order valence-electron chi connectivity index (χ4n) is 2.47. The molecule has 1 rings (SSSR count). The van der Waals surface area contributed by atoms with Gasteiger partial charge in [-0.15, -0.1) is 0 Å². The van der Waals surface area contributed by atoms with Crippen molar-refractivity contribution in [2.45, 2.75) is 39.5 Å². The predicted octanol–water partition coefficient (Wildman–Crippen LogP) is 3.67. The molecule has 2 heteroatoms. The van der Waals surface area contributed by atoms with Crippen LogP contribution >= 0.6 is 0 Å². The van der Waals surface area contributed by atoms with Gasteiger partial charge in [-0.2, -0.15) is 0 Å². The molecule has 1 atom stereocenters. The number of hydrogen-bond donors (Lipinski definition) is 1. The lowest BCUT2D eigenvalue weighted by molar-refractivity contribution is 0.429. The molecular weight excluding hydrogens is 220 g/mol. The van der Waals surface area contributed by atoms with E-state index in [9.17, 15) is 0 Å². The van der Waals surface area contributed by atoms with Gasteiger partial charge in [0.1, 0.15) is 0 Å². The van der Waals surface area contributed by atoms with Crippen molar-refractivity contribution in [1.29, 1.82) is 0 Å². The second kappa shape index (κ2) is 8.98. The summed E-state index contributed by atoms with van der Waals surface area (Å²) >= 11 is 0. The van der Waals surface area contributed by atoms with Crippen LogP contribution in [0.15, 0.2) is 30.3 Å². The molecule has 0 bridgehead atoms. The van der Waals surface area contributed by atoms with Crippen LogP contribution in [0.5, 0.6) is 0 Å². The highest BCUT2D eigenvalue weighted by molar-refractivity contribution is 5.45. The zero-order valence-electron chi connectivity index (χ0n) is 11.9. The van der Waals surface area contributed by atoms with Gasteiger partial charge in [-0.3, -0.25) is 0 Å². The highest BCUT2D eigenvalue weighted by atomic mass is 15.1. The molecule has 0 spiro atoms. The zero-order valence-corrected chi connectivity index (χ0v) is 11.9. The quantitative estimate of drug-likeness (QED) is 0.722. The van der Waals surface area contributed by atoms with Crippen LogP contribution in [-0.2, 0) is 0 Å². The third-order valence-corrected chi connectivity index (χ3v) is 3.70. The van der Waals surface area contributed by atoms with E-state index in [1.807, 2.05) is 0 Å². The Kier molecular flexibility index (Phi) is 7.51. The van der Waals surface area contributed by atoms with Gasteiger partial charge in [0.05, 0.1) is 0 Å². The average Bonchev–Trinajstić information content (AvgIpc) is 2.43. The van der Waals surface area contributed by atoms with Gasteiger partial charge >= 0.3 is 0 Å². The van der Waals surface area contributed by atoms with E-state index in [0.29, 0.717) is 0 Å². The van der Waals surface area contributed by atoms with Crippen LogP contribution in [0.4, 0.5) is 5.69 Å². The second-order valence-electron chi connectivity index (χ2n) is 4.91. The maximum atomic E-state index is 5.64. The predicted molar refractivity (Wildman–Crippen MR) is 81.0 cm³/mol. The SMILES string of the molecule is CCC(CCN)CCCN(CC)c1ccccc1. The van der Waals surface area contributed by atoms with E-state index in [4.69, 9.17) is 5.73 Å². The molecule has 0 saturated heterocycles. The minimum Gasteiger partial charge on any atom is -0.372 e. The van der Waals surface area contributed by atoms with Crippen LogP contribution in [0.25, 0.3) is 0 Å². The van der Waals surface area contributed by atoms with Crippen molar-refractivity contribution in [3.8, 4) is 0 Å². The molecule has 0 aliphatic heterocycles. The first-order valence-electron chi connectivity index (χ1n) is 7.31. The minimum atomic E-state index is 0.810. The first kappa shape index (κ1) is 15.0. The van der Waals surface area contributed by atoms with E-state index in [2.05, 4.69) is 49.1 Å². The van der Waals surface area contributed by atoms with Gasteiger partial charge < -0.3 is 10.6 Å². The Bertz CT molecular complexity index is 297. The third-order valence-electron chi connectivity index (χ3n) is 3.70. The third kappa shape index (κ3) is 5.09. The first-order valence-corrected chi connectivity index (χ1v) is 7.31. The van der Waals surface area contributed by atoms with Crippen LogP contribution in [0.3, 0.4) is 0 Å². The Morgan fingerprint density at radius 3 is 2.39 bits per heavy atom. The molecule has 2 nitrogen and oxygen atoms in total. The molecule has 1 unspecified atom stereocenters. The zero-order chi connectivity index (χ0) is 13.2. The normalized spacial score (nSPS) is 12.4. The van der Waals surface area contributed by atoms with Crippen LogP contribution in [0.1, 0.15) is 39.5 Å². The molecule has 1 aromatic carbocycles. The molecule has 0 heterocycles. The fourth-order valence-corrected chi connectivity index (χ4v) is 2.47. The maximum absolute atomic E-state index is 5.64. The molecule has 2 N–H and O–H groups in total. The Hall–Kier alpha value is -1.02. The van der Waals surface area contributed by atoms with Crippen molar-refractivity contribution in [2.24, 2.45) is 11.7 Å². The lowest BCUT2D eigenvalue weighted by Gasteiger charge is -2.24. The molecule has 102 valence electrons. The number of para-hydroxylation sites is 1. The van der Waals surface area contributed by atoms with E-state index < -0.39 is 0 Å². The minimum absolute atomic E-state index is 0.810. The van der Waals surface area contributed by atoms with Gasteiger partial charge in [0.2, 0.25) is 0 Å². The molecule has 1 aromatic rings. The van der Waals surface area contributed by atoms with Crippen molar-refractivity contribution in [3.63, 3.8) is 0 Å². The van der Waals surface area contributed by atoms with Crippen LogP contribution in [-0.4, -0.2) is 19.6 Å². The number of benzene rings is 1. The largest absolute Gasteiger partial charge is 0.372 e. The van der Waals surface area contributed by atoms with Crippen molar-refractivity contribution < 1.29 is 0 Å². The summed E-state index contributed by atoms with van der Waals surface area (Å²) < 4.78 is 0. The molecule has 18 heavy (non-hydrogen) atoms. The maximum Gasteiger partial charge on any atom is 0.0366 e. The van der Waals surface area contributed by atoms with Crippen LogP contribution in [0.2, 0.25) is 0 Å². The van der Waals surface area contributed by atoms with E-state index >= 15 is 0 Å². The summed E-state index contributed by atoms with van der Waals surface area (Å²) in [6, 6.07) is 10.7. The van der Waals surface area contributed by atoms with E-state index in [1.54, 1.807) is 0 Å². The number of rotatable bonds is 9. The first-order chi connectivity index (χ1) is 8.81. The lowest BCUT2D eigenvalue weighted by Crippen LogP contribution is -2.24. The summed E-state index contributed by atoms with van der Waals surface area (Å²) in [5, 5.41) is 0. The number of anilines is 1. The van der Waals surface area contributed by atoms with Crippen molar-refractivity contribution in [2.75, 3.05) is 24.5 Å². The monoisotopic (exact) mass is 248 g/mol. The van der Waals surface area contributed by atoms with Crippen molar-refractivity contribution in [3.05, 3.63) is 30.3 Å². The van der Waals surface area contributed by atoms with Crippen molar-refractivity contribution in [1.82, 2.24) is 0 Å². The average molecular weight is 248 g/mol. The molecule has 0 saturated carbocycles. The summed E-state index contributed by atoms with van der Waals surface area (Å²) in [5.74, 6) is 0.810. The fraction of sp³-hybridized carbons (Fsp3) is 0.625. The van der Waals surface area contributed by atoms with E-state index in [-0.39, 0.29) is 0 Å². The molecule has 0 amide bonds. The molecule has 0 aromatic heterocycles. The van der Waals surface area contributed by atoms with Crippen molar-refractivity contribution >= 4 is 5.69 Å². The number of hydrogen-bond acceptors (Lipinski definition) is 2. The van der Waals surface area contributed by atoms with Gasteiger partial charge in [-0.05, 0) is 50.8 Å². The summed E-state index contributed by atoms with van der Waals surface area (Å²) in [6.45, 7) is 7.56. The smallest absolute Gasteiger partial charge is 0.0366 e. The van der Waals surface area contributed by atoms with E-state index in [1.165, 1.54) is 31.4 Å². The molecular formula is C16H28N2. The Labute approximate surface area is 112 Å². The number of nitrogens with two attached hydrogens (primary N) is 1. The Morgan fingerprint density at radius 1 is 1.11 bits per heavy atom. The van der Waals surface area contributed by atoms with Crippen LogP contribution in [0, 0.1) is 5.92 Å². The van der Waals surface area contributed by atoms with Crippen LogP contribution < -0.4 is 10.6 Å². The highest BCUT2D eigenvalue weighted by Gasteiger charge is 2.07.